The molecule has 0 aliphatic carbocycles. The first-order chi connectivity index (χ1) is 9.99. The molecule has 3 aromatic rings. The van der Waals surface area contributed by atoms with Gasteiger partial charge in [-0.15, -0.1) is 0 Å². The van der Waals surface area contributed by atoms with Crippen LogP contribution in [0, 0.1) is 13.8 Å². The molecule has 6 nitrogen and oxygen atoms in total. The molecule has 0 aromatic carbocycles. The minimum Gasteiger partial charge on any atom is -0.289 e. The highest BCUT2D eigenvalue weighted by atomic mass is 16.1. The Morgan fingerprint density at radius 3 is 2.62 bits per heavy atom. The second-order valence-electron chi connectivity index (χ2n) is 5.39. The second kappa shape index (κ2) is 4.80. The molecule has 0 saturated carbocycles. The summed E-state index contributed by atoms with van der Waals surface area (Å²) in [6.07, 6.45) is 1.64. The third kappa shape index (κ3) is 2.12. The molecule has 0 bridgehead atoms. The van der Waals surface area contributed by atoms with Crippen molar-refractivity contribution in [1.82, 2.24) is 24.7 Å². The molecule has 1 N–H and O–H groups in total. The summed E-state index contributed by atoms with van der Waals surface area (Å²) in [5.41, 5.74) is 2.77. The Balaban J connectivity index is 2.49. The number of fused-ring (bicyclic) bond motifs is 1. The van der Waals surface area contributed by atoms with Crippen molar-refractivity contribution in [2.45, 2.75) is 33.7 Å². The molecule has 0 aliphatic heterocycles. The molecule has 0 amide bonds. The summed E-state index contributed by atoms with van der Waals surface area (Å²) in [7, 11) is 0. The minimum atomic E-state index is -0.0701. The summed E-state index contributed by atoms with van der Waals surface area (Å²) in [6, 6.07) is 3.65. The Labute approximate surface area is 121 Å². The van der Waals surface area contributed by atoms with Crippen LogP contribution in [0.3, 0.4) is 0 Å². The van der Waals surface area contributed by atoms with E-state index in [-0.39, 0.29) is 11.6 Å². The van der Waals surface area contributed by atoms with E-state index >= 15 is 0 Å². The van der Waals surface area contributed by atoms with Gasteiger partial charge >= 0.3 is 0 Å². The molecule has 3 rings (SSSR count). The lowest BCUT2D eigenvalue weighted by Gasteiger charge is -2.16. The summed E-state index contributed by atoms with van der Waals surface area (Å²) < 4.78 is 1.72. The van der Waals surface area contributed by atoms with Gasteiger partial charge in [-0.3, -0.25) is 14.5 Å². The van der Waals surface area contributed by atoms with Crippen molar-refractivity contribution in [3.05, 3.63) is 40.2 Å². The molecular formula is C15H17N5O. The first kappa shape index (κ1) is 13.5. The average Bonchev–Trinajstić information content (AvgIpc) is 2.91. The van der Waals surface area contributed by atoms with Crippen molar-refractivity contribution >= 4 is 11.0 Å². The van der Waals surface area contributed by atoms with Crippen LogP contribution in [0.5, 0.6) is 0 Å². The van der Waals surface area contributed by atoms with E-state index < -0.39 is 0 Å². The van der Waals surface area contributed by atoms with E-state index in [1.807, 2.05) is 33.8 Å². The largest absolute Gasteiger partial charge is 0.289 e. The van der Waals surface area contributed by atoms with Gasteiger partial charge in [-0.2, -0.15) is 5.10 Å². The van der Waals surface area contributed by atoms with Gasteiger partial charge in [0.15, 0.2) is 0 Å². The van der Waals surface area contributed by atoms with E-state index in [1.165, 1.54) is 0 Å². The average molecular weight is 283 g/mol. The maximum atomic E-state index is 12.8. The van der Waals surface area contributed by atoms with Crippen LogP contribution >= 0.6 is 0 Å². The Bertz CT molecular complexity index is 862. The highest BCUT2D eigenvalue weighted by Crippen LogP contribution is 2.22. The molecule has 0 unspecified atom stereocenters. The first-order valence-corrected chi connectivity index (χ1v) is 6.89. The van der Waals surface area contributed by atoms with Crippen LogP contribution in [0.1, 0.15) is 31.4 Å². The van der Waals surface area contributed by atoms with Gasteiger partial charge in [-0.25, -0.2) is 9.97 Å². The van der Waals surface area contributed by atoms with Crippen LogP contribution in [-0.4, -0.2) is 24.7 Å². The molecule has 0 spiro atoms. The Hall–Kier alpha value is -2.50. The molecule has 0 atom stereocenters. The molecule has 0 radical (unpaired) electrons. The van der Waals surface area contributed by atoms with E-state index in [0.717, 1.165) is 11.1 Å². The molecule has 0 aliphatic rings. The Morgan fingerprint density at radius 2 is 2.00 bits per heavy atom. The molecule has 3 heterocycles. The number of aryl methyl sites for hydroxylation is 2. The highest BCUT2D eigenvalue weighted by Gasteiger charge is 2.16. The second-order valence-corrected chi connectivity index (χ2v) is 5.39. The van der Waals surface area contributed by atoms with Crippen LogP contribution in [0.2, 0.25) is 0 Å². The van der Waals surface area contributed by atoms with Crippen LogP contribution in [0.15, 0.2) is 23.1 Å². The van der Waals surface area contributed by atoms with E-state index in [4.69, 9.17) is 0 Å². The fourth-order valence-corrected chi connectivity index (χ4v) is 2.57. The monoisotopic (exact) mass is 283 g/mol. The SMILES string of the molecule is Cc1nc(C)c2cc(-c3ccn[nH]3)c(=O)n(C(C)C)c2n1. The molecule has 6 heteroatoms. The lowest BCUT2D eigenvalue weighted by molar-refractivity contribution is 0.595. The zero-order valence-corrected chi connectivity index (χ0v) is 12.5. The predicted molar refractivity (Wildman–Crippen MR) is 81.2 cm³/mol. The maximum Gasteiger partial charge on any atom is 0.261 e. The van der Waals surface area contributed by atoms with Gasteiger partial charge in [-0.05, 0) is 39.8 Å². The molecule has 0 fully saturated rings. The lowest BCUT2D eigenvalue weighted by Crippen LogP contribution is -2.25. The number of hydrogen-bond donors (Lipinski definition) is 1. The zero-order chi connectivity index (χ0) is 15.1. The number of aromatic amines is 1. The molecule has 21 heavy (non-hydrogen) atoms. The lowest BCUT2D eigenvalue weighted by atomic mass is 10.1. The highest BCUT2D eigenvalue weighted by molar-refractivity contribution is 5.82. The summed E-state index contributed by atoms with van der Waals surface area (Å²) in [4.78, 5) is 21.7. The first-order valence-electron chi connectivity index (χ1n) is 6.89. The fourth-order valence-electron chi connectivity index (χ4n) is 2.57. The van der Waals surface area contributed by atoms with Crippen molar-refractivity contribution in [2.24, 2.45) is 0 Å². The van der Waals surface area contributed by atoms with Gasteiger partial charge in [0.05, 0.1) is 17.0 Å². The quantitative estimate of drug-likeness (QED) is 0.783. The topological polar surface area (TPSA) is 76.5 Å². The van der Waals surface area contributed by atoms with Crippen LogP contribution < -0.4 is 5.56 Å². The Morgan fingerprint density at radius 1 is 1.24 bits per heavy atom. The van der Waals surface area contributed by atoms with Crippen molar-refractivity contribution in [1.29, 1.82) is 0 Å². The number of nitrogens with one attached hydrogen (secondary N) is 1. The summed E-state index contributed by atoms with van der Waals surface area (Å²) in [6.45, 7) is 7.72. The van der Waals surface area contributed by atoms with Gasteiger partial charge in [0.25, 0.3) is 5.56 Å². The maximum absolute atomic E-state index is 12.8. The van der Waals surface area contributed by atoms with Gasteiger partial charge < -0.3 is 0 Å². The number of rotatable bonds is 2. The molecule has 108 valence electrons. The van der Waals surface area contributed by atoms with Crippen LogP contribution in [0.25, 0.3) is 22.3 Å². The van der Waals surface area contributed by atoms with E-state index in [9.17, 15) is 4.79 Å². The number of pyridine rings is 1. The standard InChI is InChI=1S/C15H17N5O/c1-8(2)20-14-11(9(3)17-10(4)18-14)7-12(15(20)21)13-5-6-16-19-13/h5-8H,1-4H3,(H,16,19). The van der Waals surface area contributed by atoms with Gasteiger partial charge in [0.2, 0.25) is 0 Å². The third-order valence-corrected chi connectivity index (χ3v) is 3.50. The fraction of sp³-hybridized carbons (Fsp3) is 0.333. The van der Waals surface area contributed by atoms with Crippen LogP contribution in [0.4, 0.5) is 0 Å². The van der Waals surface area contributed by atoms with Crippen molar-refractivity contribution < 1.29 is 0 Å². The van der Waals surface area contributed by atoms with Crippen molar-refractivity contribution in [3.63, 3.8) is 0 Å². The minimum absolute atomic E-state index is 0.0107. The van der Waals surface area contributed by atoms with E-state index in [2.05, 4.69) is 20.2 Å². The Kier molecular flexibility index (Phi) is 3.08. The van der Waals surface area contributed by atoms with Gasteiger partial charge in [0, 0.05) is 17.6 Å². The third-order valence-electron chi connectivity index (χ3n) is 3.50. The van der Waals surface area contributed by atoms with Crippen LogP contribution in [-0.2, 0) is 0 Å². The summed E-state index contributed by atoms with van der Waals surface area (Å²) in [5, 5.41) is 7.67. The zero-order valence-electron chi connectivity index (χ0n) is 12.5. The van der Waals surface area contributed by atoms with E-state index in [1.54, 1.807) is 16.8 Å². The van der Waals surface area contributed by atoms with Crippen molar-refractivity contribution in [3.8, 4) is 11.3 Å². The number of H-pyrrole nitrogens is 1. The molecular weight excluding hydrogens is 266 g/mol. The molecule has 0 saturated heterocycles. The number of nitrogens with zero attached hydrogens (tertiary/aromatic N) is 4. The number of aromatic nitrogens is 5. The molecule has 3 aromatic heterocycles. The number of hydrogen-bond acceptors (Lipinski definition) is 4. The van der Waals surface area contributed by atoms with Gasteiger partial charge in [-0.1, -0.05) is 0 Å². The predicted octanol–water partition coefficient (Wildman–Crippen LogP) is 2.38. The normalized spacial score (nSPS) is 11.5. The smallest absolute Gasteiger partial charge is 0.261 e. The summed E-state index contributed by atoms with van der Waals surface area (Å²) >= 11 is 0. The van der Waals surface area contributed by atoms with E-state index in [0.29, 0.717) is 22.7 Å². The summed E-state index contributed by atoms with van der Waals surface area (Å²) in [5.74, 6) is 0.670. The van der Waals surface area contributed by atoms with Crippen molar-refractivity contribution in [2.75, 3.05) is 0 Å². The van der Waals surface area contributed by atoms with Gasteiger partial charge in [0.1, 0.15) is 11.5 Å².